The number of hydrogen-bond acceptors (Lipinski definition) is 3. The second-order valence-electron chi connectivity index (χ2n) is 4.98. The predicted molar refractivity (Wildman–Crippen MR) is 73.5 cm³/mol. The summed E-state index contributed by atoms with van der Waals surface area (Å²) in [7, 11) is 1.78. The van der Waals surface area contributed by atoms with E-state index in [9.17, 15) is 9.59 Å². The van der Waals surface area contributed by atoms with Gasteiger partial charge in [0.1, 0.15) is 0 Å². The third-order valence-corrected chi connectivity index (χ3v) is 3.55. The summed E-state index contributed by atoms with van der Waals surface area (Å²) in [6, 6.07) is 5.75. The minimum Gasteiger partial charge on any atom is -0.370 e. The van der Waals surface area contributed by atoms with Crippen LogP contribution in [0.25, 0.3) is 0 Å². The number of carbonyl (C=O) groups is 2. The van der Waals surface area contributed by atoms with E-state index in [2.05, 4.69) is 0 Å². The highest BCUT2D eigenvalue weighted by atomic mass is 16.2. The molecule has 5 nitrogen and oxygen atoms in total. The summed E-state index contributed by atoms with van der Waals surface area (Å²) in [5.74, 6) is -0.192. The molecule has 5 heteroatoms. The molecule has 1 aliphatic rings. The Balaban J connectivity index is 2.04. The van der Waals surface area contributed by atoms with Gasteiger partial charge in [-0.1, -0.05) is 12.1 Å². The zero-order valence-electron chi connectivity index (χ0n) is 11.1. The summed E-state index contributed by atoms with van der Waals surface area (Å²) in [6.45, 7) is 0. The first-order chi connectivity index (χ1) is 8.99. The van der Waals surface area contributed by atoms with Gasteiger partial charge in [-0.05, 0) is 30.0 Å². The molecule has 1 atom stereocenters. The van der Waals surface area contributed by atoms with E-state index < -0.39 is 0 Å². The Kier molecular flexibility index (Phi) is 3.85. The van der Waals surface area contributed by atoms with Crippen LogP contribution in [0, 0.1) is 0 Å². The molecule has 1 aromatic rings. The Morgan fingerprint density at radius 3 is 2.89 bits per heavy atom. The summed E-state index contributed by atoms with van der Waals surface area (Å²) in [6.07, 6.45) is 2.20. The van der Waals surface area contributed by atoms with Gasteiger partial charge in [-0.2, -0.15) is 0 Å². The van der Waals surface area contributed by atoms with E-state index in [1.165, 1.54) is 0 Å². The van der Waals surface area contributed by atoms with Gasteiger partial charge >= 0.3 is 0 Å². The van der Waals surface area contributed by atoms with Crippen LogP contribution in [-0.4, -0.2) is 18.9 Å². The van der Waals surface area contributed by atoms with Gasteiger partial charge in [0.15, 0.2) is 0 Å². The Labute approximate surface area is 112 Å². The van der Waals surface area contributed by atoms with Crippen LogP contribution in [0.3, 0.4) is 0 Å². The van der Waals surface area contributed by atoms with Crippen molar-refractivity contribution in [3.63, 3.8) is 0 Å². The molecule has 2 amide bonds. The van der Waals surface area contributed by atoms with E-state index >= 15 is 0 Å². The average Bonchev–Trinajstić information content (AvgIpc) is 2.64. The number of nitrogens with two attached hydrogens (primary N) is 2. The van der Waals surface area contributed by atoms with Crippen LogP contribution in [-0.2, 0) is 16.0 Å². The van der Waals surface area contributed by atoms with Crippen LogP contribution < -0.4 is 16.4 Å². The van der Waals surface area contributed by atoms with Gasteiger partial charge in [0.2, 0.25) is 11.8 Å². The molecule has 1 unspecified atom stereocenters. The molecular weight excluding hydrogens is 242 g/mol. The predicted octanol–water partition coefficient (Wildman–Crippen LogP) is 0.861. The molecule has 102 valence electrons. The summed E-state index contributed by atoms with van der Waals surface area (Å²) in [4.78, 5) is 23.9. The largest absolute Gasteiger partial charge is 0.370 e. The van der Waals surface area contributed by atoms with E-state index in [4.69, 9.17) is 11.5 Å². The van der Waals surface area contributed by atoms with E-state index in [0.717, 1.165) is 16.8 Å². The SMILES string of the molecule is CN1C(=O)Cc2cc(C(N)CCCC(N)=O)ccc21. The Morgan fingerprint density at radius 2 is 2.21 bits per heavy atom. The minimum atomic E-state index is -0.298. The summed E-state index contributed by atoms with van der Waals surface area (Å²) in [5, 5.41) is 0. The van der Waals surface area contributed by atoms with Gasteiger partial charge in [0, 0.05) is 25.2 Å². The highest BCUT2D eigenvalue weighted by Crippen LogP contribution is 2.30. The lowest BCUT2D eigenvalue weighted by Crippen LogP contribution is -2.20. The Bertz CT molecular complexity index is 513. The maximum Gasteiger partial charge on any atom is 0.231 e. The molecule has 0 aliphatic carbocycles. The fraction of sp³-hybridized carbons (Fsp3) is 0.429. The minimum absolute atomic E-state index is 0.106. The molecule has 0 spiro atoms. The maximum absolute atomic E-state index is 11.6. The number of fused-ring (bicyclic) bond motifs is 1. The van der Waals surface area contributed by atoms with Crippen molar-refractivity contribution in [1.29, 1.82) is 0 Å². The van der Waals surface area contributed by atoms with Gasteiger partial charge in [-0.15, -0.1) is 0 Å². The summed E-state index contributed by atoms with van der Waals surface area (Å²) in [5.41, 5.74) is 14.2. The standard InChI is InChI=1S/C14H19N3O2/c1-17-12-6-5-9(7-10(12)8-14(17)19)11(15)3-2-4-13(16)18/h5-7,11H,2-4,8,15H2,1H3,(H2,16,18). The number of amides is 2. The molecule has 0 saturated heterocycles. The first-order valence-corrected chi connectivity index (χ1v) is 6.42. The van der Waals surface area contributed by atoms with Crippen molar-refractivity contribution in [3.8, 4) is 0 Å². The molecule has 19 heavy (non-hydrogen) atoms. The molecule has 1 aliphatic heterocycles. The molecule has 2 rings (SSSR count). The number of rotatable bonds is 5. The van der Waals surface area contributed by atoms with E-state index in [1.54, 1.807) is 11.9 Å². The van der Waals surface area contributed by atoms with Crippen molar-refractivity contribution < 1.29 is 9.59 Å². The second-order valence-corrected chi connectivity index (χ2v) is 4.98. The Hall–Kier alpha value is -1.88. The third kappa shape index (κ3) is 2.93. The Morgan fingerprint density at radius 1 is 1.47 bits per heavy atom. The van der Waals surface area contributed by atoms with Gasteiger partial charge in [-0.25, -0.2) is 0 Å². The maximum atomic E-state index is 11.6. The lowest BCUT2D eigenvalue weighted by atomic mass is 9.99. The van der Waals surface area contributed by atoms with Crippen LogP contribution >= 0.6 is 0 Å². The number of benzene rings is 1. The van der Waals surface area contributed by atoms with Crippen molar-refractivity contribution in [3.05, 3.63) is 29.3 Å². The number of hydrogen-bond donors (Lipinski definition) is 2. The van der Waals surface area contributed by atoms with Gasteiger partial charge in [0.25, 0.3) is 0 Å². The first kappa shape index (κ1) is 13.5. The molecule has 0 radical (unpaired) electrons. The topological polar surface area (TPSA) is 89.4 Å². The fourth-order valence-corrected chi connectivity index (χ4v) is 2.38. The van der Waals surface area contributed by atoms with Crippen molar-refractivity contribution >= 4 is 17.5 Å². The molecular formula is C14H19N3O2. The van der Waals surface area contributed by atoms with Crippen molar-refractivity contribution in [2.75, 3.05) is 11.9 Å². The zero-order chi connectivity index (χ0) is 14.0. The number of carbonyl (C=O) groups excluding carboxylic acids is 2. The molecule has 1 aromatic carbocycles. The number of nitrogens with zero attached hydrogens (tertiary/aromatic N) is 1. The highest BCUT2D eigenvalue weighted by molar-refractivity contribution is 6.00. The van der Waals surface area contributed by atoms with E-state index in [1.807, 2.05) is 18.2 Å². The lowest BCUT2D eigenvalue weighted by Gasteiger charge is -2.14. The van der Waals surface area contributed by atoms with E-state index in [-0.39, 0.29) is 17.9 Å². The normalized spacial score (nSPS) is 15.5. The zero-order valence-corrected chi connectivity index (χ0v) is 11.1. The quantitative estimate of drug-likeness (QED) is 0.823. The van der Waals surface area contributed by atoms with E-state index in [0.29, 0.717) is 25.7 Å². The number of anilines is 1. The van der Waals surface area contributed by atoms with Crippen molar-refractivity contribution in [2.45, 2.75) is 31.7 Å². The summed E-state index contributed by atoms with van der Waals surface area (Å²) < 4.78 is 0. The van der Waals surface area contributed by atoms with Crippen LogP contribution in [0.2, 0.25) is 0 Å². The number of likely N-dealkylation sites (N-methyl/N-ethyl adjacent to an activating group) is 1. The lowest BCUT2D eigenvalue weighted by molar-refractivity contribution is -0.118. The van der Waals surface area contributed by atoms with Crippen LogP contribution in [0.15, 0.2) is 18.2 Å². The molecule has 4 N–H and O–H groups in total. The highest BCUT2D eigenvalue weighted by Gasteiger charge is 2.24. The molecule has 0 aromatic heterocycles. The van der Waals surface area contributed by atoms with Crippen molar-refractivity contribution in [1.82, 2.24) is 0 Å². The average molecular weight is 261 g/mol. The third-order valence-electron chi connectivity index (χ3n) is 3.55. The van der Waals surface area contributed by atoms with Crippen molar-refractivity contribution in [2.24, 2.45) is 11.5 Å². The molecule has 0 bridgehead atoms. The van der Waals surface area contributed by atoms with Gasteiger partial charge in [0.05, 0.1) is 6.42 Å². The number of primary amides is 1. The second kappa shape index (κ2) is 5.40. The van der Waals surface area contributed by atoms with Gasteiger partial charge in [-0.3, -0.25) is 9.59 Å². The smallest absolute Gasteiger partial charge is 0.231 e. The molecule has 1 heterocycles. The van der Waals surface area contributed by atoms with Crippen LogP contribution in [0.1, 0.15) is 36.4 Å². The molecule has 0 saturated carbocycles. The monoisotopic (exact) mass is 261 g/mol. The van der Waals surface area contributed by atoms with Gasteiger partial charge < -0.3 is 16.4 Å². The van der Waals surface area contributed by atoms with Crippen LogP contribution in [0.4, 0.5) is 5.69 Å². The molecule has 0 fully saturated rings. The van der Waals surface area contributed by atoms with Crippen LogP contribution in [0.5, 0.6) is 0 Å². The summed E-state index contributed by atoms with van der Waals surface area (Å²) >= 11 is 0. The first-order valence-electron chi connectivity index (χ1n) is 6.42. The fourth-order valence-electron chi connectivity index (χ4n) is 2.38.